The van der Waals surface area contributed by atoms with E-state index < -0.39 is 11.5 Å². The number of nitrogens with one attached hydrogen (secondary N) is 2. The van der Waals surface area contributed by atoms with E-state index in [1.54, 1.807) is 13.8 Å². The lowest BCUT2D eigenvalue weighted by molar-refractivity contribution is -0.138. The van der Waals surface area contributed by atoms with Crippen LogP contribution < -0.4 is 10.6 Å². The van der Waals surface area contributed by atoms with E-state index in [-0.39, 0.29) is 12.5 Å². The molecule has 0 bridgehead atoms. The number of hydrogen-bond donors (Lipinski definition) is 3. The van der Waals surface area contributed by atoms with E-state index in [1.807, 2.05) is 0 Å². The number of carboxylic acids is 1. The van der Waals surface area contributed by atoms with Crippen molar-refractivity contribution in [1.29, 1.82) is 0 Å². The van der Waals surface area contributed by atoms with Crippen LogP contribution in [0.4, 0.5) is 4.79 Å². The number of ether oxygens (including phenoxy) is 1. The van der Waals surface area contributed by atoms with E-state index in [0.29, 0.717) is 19.1 Å². The Morgan fingerprint density at radius 1 is 1.32 bits per heavy atom. The van der Waals surface area contributed by atoms with Crippen LogP contribution in [0.15, 0.2) is 0 Å². The molecule has 0 aliphatic heterocycles. The quantitative estimate of drug-likeness (QED) is 0.557. The monoisotopic (exact) mass is 274 g/mol. The Labute approximate surface area is 114 Å². The van der Waals surface area contributed by atoms with Gasteiger partial charge >= 0.3 is 12.0 Å². The molecule has 0 radical (unpaired) electrons. The Morgan fingerprint density at radius 3 is 2.47 bits per heavy atom. The summed E-state index contributed by atoms with van der Waals surface area (Å²) in [6, 6.07) is -0.352. The zero-order chi connectivity index (χ0) is 14.9. The van der Waals surface area contributed by atoms with Gasteiger partial charge < -0.3 is 20.5 Å². The number of rotatable bonds is 9. The van der Waals surface area contributed by atoms with Crippen molar-refractivity contribution >= 4 is 12.0 Å². The standard InChI is InChI=1S/C13H26N2O4/c1-10(2)9-19-7-5-6-14-12(18)15-13(3,4)8-11(16)17/h10H,5-9H2,1-4H3,(H,16,17)(H2,14,15,18). The van der Waals surface area contributed by atoms with Crippen LogP contribution >= 0.6 is 0 Å². The zero-order valence-corrected chi connectivity index (χ0v) is 12.3. The molecule has 0 aliphatic carbocycles. The number of carboxylic acid groups (broad SMARTS) is 1. The maximum absolute atomic E-state index is 11.5. The van der Waals surface area contributed by atoms with Gasteiger partial charge in [0.1, 0.15) is 0 Å². The molecule has 6 nitrogen and oxygen atoms in total. The lowest BCUT2D eigenvalue weighted by atomic mass is 10.0. The fraction of sp³-hybridized carbons (Fsp3) is 0.846. The molecule has 0 aliphatic rings. The third kappa shape index (κ3) is 11.5. The van der Waals surface area contributed by atoms with E-state index in [1.165, 1.54) is 0 Å². The van der Waals surface area contributed by atoms with Crippen molar-refractivity contribution in [3.8, 4) is 0 Å². The molecule has 0 saturated carbocycles. The van der Waals surface area contributed by atoms with Gasteiger partial charge in [-0.3, -0.25) is 4.79 Å². The summed E-state index contributed by atoms with van der Waals surface area (Å²) in [7, 11) is 0. The van der Waals surface area contributed by atoms with Gasteiger partial charge in [-0.25, -0.2) is 4.79 Å². The van der Waals surface area contributed by atoms with Crippen LogP contribution in [0, 0.1) is 5.92 Å². The topological polar surface area (TPSA) is 87.7 Å². The fourth-order valence-corrected chi connectivity index (χ4v) is 1.47. The highest BCUT2D eigenvalue weighted by molar-refractivity contribution is 5.76. The van der Waals surface area contributed by atoms with Crippen LogP contribution in [-0.4, -0.2) is 42.4 Å². The maximum atomic E-state index is 11.5. The highest BCUT2D eigenvalue weighted by Gasteiger charge is 2.23. The second-order valence-electron chi connectivity index (χ2n) is 5.66. The third-order valence-electron chi connectivity index (χ3n) is 2.25. The van der Waals surface area contributed by atoms with E-state index in [9.17, 15) is 9.59 Å². The molecule has 112 valence electrons. The first-order valence-corrected chi connectivity index (χ1v) is 6.58. The third-order valence-corrected chi connectivity index (χ3v) is 2.25. The predicted octanol–water partition coefficient (Wildman–Crippen LogP) is 1.60. The van der Waals surface area contributed by atoms with Crippen molar-refractivity contribution in [3.63, 3.8) is 0 Å². The van der Waals surface area contributed by atoms with Crippen LogP contribution in [0.25, 0.3) is 0 Å². The Bertz CT molecular complexity index is 290. The summed E-state index contributed by atoms with van der Waals surface area (Å²) in [6.07, 6.45) is 0.622. The normalized spacial score (nSPS) is 11.4. The summed E-state index contributed by atoms with van der Waals surface area (Å²) < 4.78 is 5.38. The van der Waals surface area contributed by atoms with Crippen molar-refractivity contribution in [3.05, 3.63) is 0 Å². The van der Waals surface area contributed by atoms with Crippen LogP contribution in [0.5, 0.6) is 0 Å². The number of urea groups is 1. The van der Waals surface area contributed by atoms with Crippen molar-refractivity contribution in [1.82, 2.24) is 10.6 Å². The van der Waals surface area contributed by atoms with Crippen LogP contribution in [0.1, 0.15) is 40.5 Å². The summed E-state index contributed by atoms with van der Waals surface area (Å²) in [4.78, 5) is 22.1. The SMILES string of the molecule is CC(C)COCCCNC(=O)NC(C)(C)CC(=O)O. The van der Waals surface area contributed by atoms with Crippen LogP contribution in [0.3, 0.4) is 0 Å². The van der Waals surface area contributed by atoms with Gasteiger partial charge in [0, 0.05) is 25.3 Å². The Hall–Kier alpha value is -1.30. The molecule has 19 heavy (non-hydrogen) atoms. The van der Waals surface area contributed by atoms with Gasteiger partial charge in [-0.05, 0) is 26.2 Å². The minimum Gasteiger partial charge on any atom is -0.481 e. The predicted molar refractivity (Wildman–Crippen MR) is 73.1 cm³/mol. The number of aliphatic carboxylic acids is 1. The lowest BCUT2D eigenvalue weighted by Gasteiger charge is -2.24. The molecular formula is C13H26N2O4. The second kappa shape index (κ2) is 8.74. The number of hydrogen-bond acceptors (Lipinski definition) is 3. The van der Waals surface area contributed by atoms with Gasteiger partial charge in [-0.15, -0.1) is 0 Å². The van der Waals surface area contributed by atoms with Crippen LogP contribution in [-0.2, 0) is 9.53 Å². The molecule has 0 aromatic carbocycles. The minimum absolute atomic E-state index is 0.113. The van der Waals surface area contributed by atoms with E-state index in [0.717, 1.165) is 13.0 Å². The Balaban J connectivity index is 3.67. The number of carbonyl (C=O) groups is 2. The maximum Gasteiger partial charge on any atom is 0.315 e. The first-order chi connectivity index (χ1) is 8.73. The first kappa shape index (κ1) is 17.7. The van der Waals surface area contributed by atoms with Crippen molar-refractivity contribution in [2.75, 3.05) is 19.8 Å². The van der Waals surface area contributed by atoms with E-state index in [2.05, 4.69) is 24.5 Å². The van der Waals surface area contributed by atoms with E-state index in [4.69, 9.17) is 9.84 Å². The van der Waals surface area contributed by atoms with Crippen LogP contribution in [0.2, 0.25) is 0 Å². The van der Waals surface area contributed by atoms with Gasteiger partial charge in [0.25, 0.3) is 0 Å². The molecule has 0 rings (SSSR count). The molecule has 6 heteroatoms. The average Bonchev–Trinajstić information content (AvgIpc) is 2.19. The molecule has 0 atom stereocenters. The molecule has 0 heterocycles. The summed E-state index contributed by atoms with van der Waals surface area (Å²) >= 11 is 0. The summed E-state index contributed by atoms with van der Waals surface area (Å²) in [5.74, 6) is -0.430. The molecule has 0 spiro atoms. The summed E-state index contributed by atoms with van der Waals surface area (Å²) in [6.45, 7) is 9.34. The largest absolute Gasteiger partial charge is 0.481 e. The average molecular weight is 274 g/mol. The molecule has 2 amide bonds. The van der Waals surface area contributed by atoms with Gasteiger partial charge in [0.15, 0.2) is 0 Å². The highest BCUT2D eigenvalue weighted by Crippen LogP contribution is 2.07. The van der Waals surface area contributed by atoms with Crippen molar-refractivity contribution in [2.45, 2.75) is 46.1 Å². The molecule has 0 saturated heterocycles. The summed E-state index contributed by atoms with van der Waals surface area (Å²) in [5.41, 5.74) is -0.760. The first-order valence-electron chi connectivity index (χ1n) is 6.58. The second-order valence-corrected chi connectivity index (χ2v) is 5.66. The zero-order valence-electron chi connectivity index (χ0n) is 12.3. The Kier molecular flexibility index (Phi) is 8.14. The molecular weight excluding hydrogens is 248 g/mol. The van der Waals surface area contributed by atoms with Crippen molar-refractivity contribution in [2.24, 2.45) is 5.92 Å². The highest BCUT2D eigenvalue weighted by atomic mass is 16.5. The van der Waals surface area contributed by atoms with E-state index >= 15 is 0 Å². The van der Waals surface area contributed by atoms with Gasteiger partial charge in [0.05, 0.1) is 6.42 Å². The summed E-state index contributed by atoms with van der Waals surface area (Å²) in [5, 5.41) is 14.0. The van der Waals surface area contributed by atoms with Gasteiger partial charge in [0.2, 0.25) is 0 Å². The molecule has 0 aromatic rings. The minimum atomic E-state index is -0.938. The Morgan fingerprint density at radius 2 is 1.95 bits per heavy atom. The van der Waals surface area contributed by atoms with Gasteiger partial charge in [-0.1, -0.05) is 13.8 Å². The van der Waals surface area contributed by atoms with Gasteiger partial charge in [-0.2, -0.15) is 0 Å². The fourth-order valence-electron chi connectivity index (χ4n) is 1.47. The van der Waals surface area contributed by atoms with Crippen molar-refractivity contribution < 1.29 is 19.4 Å². The molecule has 3 N–H and O–H groups in total. The smallest absolute Gasteiger partial charge is 0.315 e. The molecule has 0 aromatic heterocycles. The lowest BCUT2D eigenvalue weighted by Crippen LogP contribution is -2.49. The molecule has 0 fully saturated rings. The number of amides is 2. The molecule has 0 unspecified atom stereocenters. The number of carbonyl (C=O) groups excluding carboxylic acids is 1.